The minimum atomic E-state index is -0.283. The molecular formula is C21H18FN3O. The molecule has 2 aliphatic heterocycles. The predicted octanol–water partition coefficient (Wildman–Crippen LogP) is 3.34. The van der Waals surface area contributed by atoms with E-state index in [1.165, 1.54) is 12.1 Å². The van der Waals surface area contributed by atoms with Crippen molar-refractivity contribution in [3.05, 3.63) is 107 Å². The van der Waals surface area contributed by atoms with Gasteiger partial charge in [0.05, 0.1) is 5.70 Å². The molecule has 2 aromatic carbocycles. The smallest absolute Gasteiger partial charge is 0.269 e. The maximum absolute atomic E-state index is 13.2. The van der Waals surface area contributed by atoms with Crippen LogP contribution in [0, 0.1) is 5.82 Å². The second kappa shape index (κ2) is 6.88. The normalized spacial score (nSPS) is 17.9. The Hall–Kier alpha value is -3.34. The Bertz CT molecular complexity index is 901. The number of halogens is 1. The molecule has 4 rings (SSSR count). The van der Waals surface area contributed by atoms with Gasteiger partial charge in [0.15, 0.2) is 0 Å². The first-order valence-corrected chi connectivity index (χ1v) is 8.44. The topological polar surface area (TPSA) is 44.4 Å². The highest BCUT2D eigenvalue weighted by atomic mass is 19.1. The summed E-state index contributed by atoms with van der Waals surface area (Å²) in [4.78, 5) is 14.7. The Morgan fingerprint density at radius 2 is 1.85 bits per heavy atom. The molecule has 2 aliphatic rings. The van der Waals surface area contributed by atoms with E-state index in [2.05, 4.69) is 10.6 Å². The molecule has 0 saturated heterocycles. The Balaban J connectivity index is 1.55. The highest BCUT2D eigenvalue weighted by Crippen LogP contribution is 2.33. The third kappa shape index (κ3) is 3.11. The lowest BCUT2D eigenvalue weighted by Crippen LogP contribution is -2.31. The molecule has 130 valence electrons. The Morgan fingerprint density at radius 1 is 1.08 bits per heavy atom. The zero-order chi connectivity index (χ0) is 17.9. The van der Waals surface area contributed by atoms with Crippen LogP contribution in [0.3, 0.4) is 0 Å². The number of rotatable bonds is 4. The highest BCUT2D eigenvalue weighted by molar-refractivity contribution is 5.94. The fraction of sp³-hybridized carbons (Fsp3) is 0.0952. The molecule has 1 atom stereocenters. The summed E-state index contributed by atoms with van der Waals surface area (Å²) in [6.45, 7) is 0.457. The van der Waals surface area contributed by atoms with Crippen LogP contribution in [0.2, 0.25) is 0 Å². The summed E-state index contributed by atoms with van der Waals surface area (Å²) in [6, 6.07) is 16.1. The van der Waals surface area contributed by atoms with Crippen LogP contribution in [-0.2, 0) is 11.3 Å². The molecule has 0 radical (unpaired) electrons. The van der Waals surface area contributed by atoms with Gasteiger partial charge in [-0.3, -0.25) is 4.79 Å². The fourth-order valence-corrected chi connectivity index (χ4v) is 3.11. The monoisotopic (exact) mass is 347 g/mol. The molecule has 26 heavy (non-hydrogen) atoms. The van der Waals surface area contributed by atoms with E-state index in [1.807, 2.05) is 59.7 Å². The first kappa shape index (κ1) is 16.1. The van der Waals surface area contributed by atoms with Gasteiger partial charge in [0.2, 0.25) is 0 Å². The summed E-state index contributed by atoms with van der Waals surface area (Å²) in [7, 11) is 0. The second-order valence-electron chi connectivity index (χ2n) is 6.13. The minimum Gasteiger partial charge on any atom is -0.355 e. The molecule has 0 spiro atoms. The quantitative estimate of drug-likeness (QED) is 0.892. The summed E-state index contributed by atoms with van der Waals surface area (Å²) >= 11 is 0. The van der Waals surface area contributed by atoms with Gasteiger partial charge in [0.25, 0.3) is 5.91 Å². The number of nitrogens with one attached hydrogen (secondary N) is 2. The van der Waals surface area contributed by atoms with Crippen molar-refractivity contribution in [1.82, 2.24) is 15.5 Å². The summed E-state index contributed by atoms with van der Waals surface area (Å²) in [5, 5.41) is 6.22. The van der Waals surface area contributed by atoms with Gasteiger partial charge in [-0.15, -0.1) is 0 Å². The number of hydrogen-bond donors (Lipinski definition) is 2. The van der Waals surface area contributed by atoms with Crippen molar-refractivity contribution < 1.29 is 9.18 Å². The molecule has 0 bridgehead atoms. The predicted molar refractivity (Wildman–Crippen MR) is 97.7 cm³/mol. The third-order valence-electron chi connectivity index (χ3n) is 4.41. The Labute approximate surface area is 151 Å². The van der Waals surface area contributed by atoms with Crippen LogP contribution in [-0.4, -0.2) is 10.8 Å². The first-order chi connectivity index (χ1) is 12.7. The van der Waals surface area contributed by atoms with Crippen molar-refractivity contribution in [3.63, 3.8) is 0 Å². The van der Waals surface area contributed by atoms with Crippen molar-refractivity contribution in [2.45, 2.75) is 12.7 Å². The maximum Gasteiger partial charge on any atom is 0.269 e. The lowest BCUT2D eigenvalue weighted by molar-refractivity contribution is -0.118. The van der Waals surface area contributed by atoms with Crippen LogP contribution in [0.4, 0.5) is 4.39 Å². The van der Waals surface area contributed by atoms with Gasteiger partial charge in [-0.2, -0.15) is 0 Å². The lowest BCUT2D eigenvalue weighted by Gasteiger charge is -2.26. The zero-order valence-corrected chi connectivity index (χ0v) is 14.0. The molecule has 0 fully saturated rings. The third-order valence-corrected chi connectivity index (χ3v) is 4.41. The van der Waals surface area contributed by atoms with E-state index in [-0.39, 0.29) is 17.9 Å². The SMILES string of the molecule is O=C(NCc1ccccc1)C1=C2C=CC=CN2C(c2ccc(F)cc2)N1. The number of fused-ring (bicyclic) bond motifs is 1. The first-order valence-electron chi connectivity index (χ1n) is 8.44. The van der Waals surface area contributed by atoms with E-state index in [9.17, 15) is 9.18 Å². The molecule has 0 aliphatic carbocycles. The fourth-order valence-electron chi connectivity index (χ4n) is 3.11. The van der Waals surface area contributed by atoms with E-state index in [0.717, 1.165) is 16.8 Å². The molecule has 0 aromatic heterocycles. The summed E-state index contributed by atoms with van der Waals surface area (Å²) in [5.41, 5.74) is 3.23. The minimum absolute atomic E-state index is 0.168. The molecule has 5 heteroatoms. The highest BCUT2D eigenvalue weighted by Gasteiger charge is 2.33. The van der Waals surface area contributed by atoms with Gasteiger partial charge in [-0.1, -0.05) is 48.5 Å². The number of benzene rings is 2. The van der Waals surface area contributed by atoms with Crippen molar-refractivity contribution in [3.8, 4) is 0 Å². The van der Waals surface area contributed by atoms with Crippen LogP contribution < -0.4 is 10.6 Å². The number of hydrogen-bond acceptors (Lipinski definition) is 3. The van der Waals surface area contributed by atoms with Crippen molar-refractivity contribution in [2.24, 2.45) is 0 Å². The number of allylic oxidation sites excluding steroid dienone is 3. The van der Waals surface area contributed by atoms with Crippen LogP contribution in [0.25, 0.3) is 0 Å². The largest absolute Gasteiger partial charge is 0.355 e. The van der Waals surface area contributed by atoms with Gasteiger partial charge in [-0.05, 0) is 35.4 Å². The number of carbonyl (C=O) groups excluding carboxylic acids is 1. The molecule has 2 N–H and O–H groups in total. The van der Waals surface area contributed by atoms with Gasteiger partial charge in [0, 0.05) is 12.7 Å². The molecule has 1 unspecified atom stereocenters. The van der Waals surface area contributed by atoms with Gasteiger partial charge >= 0.3 is 0 Å². The van der Waals surface area contributed by atoms with Gasteiger partial charge in [-0.25, -0.2) is 4.39 Å². The standard InChI is InChI=1S/C21H18FN3O/c22-17-11-9-16(10-12-17)20-24-19(18-8-4-5-13-25(18)20)21(26)23-14-15-6-2-1-3-7-15/h1-13,20,24H,14H2,(H,23,26). The van der Waals surface area contributed by atoms with Gasteiger partial charge < -0.3 is 15.5 Å². The molecule has 2 aromatic rings. The van der Waals surface area contributed by atoms with E-state index in [1.54, 1.807) is 12.1 Å². The van der Waals surface area contributed by atoms with E-state index < -0.39 is 0 Å². The second-order valence-corrected chi connectivity index (χ2v) is 6.13. The van der Waals surface area contributed by atoms with Crippen LogP contribution in [0.5, 0.6) is 0 Å². The average molecular weight is 347 g/mol. The Kier molecular flexibility index (Phi) is 4.27. The summed E-state index contributed by atoms with van der Waals surface area (Å²) in [5.74, 6) is -0.451. The van der Waals surface area contributed by atoms with Crippen molar-refractivity contribution >= 4 is 5.91 Å². The van der Waals surface area contributed by atoms with Crippen molar-refractivity contribution in [2.75, 3.05) is 0 Å². The maximum atomic E-state index is 13.2. The lowest BCUT2D eigenvalue weighted by atomic mass is 10.1. The average Bonchev–Trinajstić information content (AvgIpc) is 3.07. The summed E-state index contributed by atoms with van der Waals surface area (Å²) in [6.07, 6.45) is 7.36. The number of carbonyl (C=O) groups is 1. The molecule has 2 heterocycles. The van der Waals surface area contributed by atoms with Gasteiger partial charge in [0.1, 0.15) is 17.7 Å². The molecule has 4 nitrogen and oxygen atoms in total. The number of amides is 1. The van der Waals surface area contributed by atoms with Crippen LogP contribution in [0.1, 0.15) is 17.3 Å². The van der Waals surface area contributed by atoms with Crippen LogP contribution >= 0.6 is 0 Å². The number of nitrogens with zero attached hydrogens (tertiary/aromatic N) is 1. The zero-order valence-electron chi connectivity index (χ0n) is 14.0. The Morgan fingerprint density at radius 3 is 2.62 bits per heavy atom. The van der Waals surface area contributed by atoms with E-state index >= 15 is 0 Å². The van der Waals surface area contributed by atoms with Crippen LogP contribution in [0.15, 0.2) is 90.4 Å². The van der Waals surface area contributed by atoms with E-state index in [4.69, 9.17) is 0 Å². The van der Waals surface area contributed by atoms with E-state index in [0.29, 0.717) is 12.2 Å². The summed E-state index contributed by atoms with van der Waals surface area (Å²) < 4.78 is 13.2. The van der Waals surface area contributed by atoms with Crippen molar-refractivity contribution in [1.29, 1.82) is 0 Å². The molecule has 1 amide bonds. The molecule has 0 saturated carbocycles. The molecular weight excluding hydrogens is 329 g/mol.